The molecule has 0 aliphatic heterocycles. The Morgan fingerprint density at radius 1 is 1.03 bits per heavy atom. The molecule has 3 aromatic carbocycles. The molecule has 1 amide bonds. The number of carbonyl (C=O) groups excluding carboxylic acids is 1. The summed E-state index contributed by atoms with van der Waals surface area (Å²) in [7, 11) is -3.97. The Morgan fingerprint density at radius 3 is 2.44 bits per heavy atom. The topological polar surface area (TPSA) is 79.4 Å². The van der Waals surface area contributed by atoms with Gasteiger partial charge >= 0.3 is 0 Å². The van der Waals surface area contributed by atoms with Crippen LogP contribution in [0.4, 0.5) is 10.1 Å². The molecule has 1 aromatic heterocycles. The number of benzene rings is 3. The van der Waals surface area contributed by atoms with Gasteiger partial charge in [0.05, 0.1) is 22.1 Å². The van der Waals surface area contributed by atoms with Crippen LogP contribution in [0.15, 0.2) is 89.1 Å². The van der Waals surface area contributed by atoms with E-state index in [0.717, 1.165) is 20.6 Å². The summed E-state index contributed by atoms with van der Waals surface area (Å²) in [5.41, 5.74) is 2.76. The van der Waals surface area contributed by atoms with E-state index in [0.29, 0.717) is 11.3 Å². The highest BCUT2D eigenvalue weighted by atomic mass is 32.2. The van der Waals surface area contributed by atoms with Gasteiger partial charge in [-0.2, -0.15) is 4.31 Å². The Labute approximate surface area is 201 Å². The Balaban J connectivity index is 1.56. The second-order valence-electron chi connectivity index (χ2n) is 7.59. The van der Waals surface area contributed by atoms with Crippen molar-refractivity contribution in [3.05, 3.63) is 101 Å². The molecule has 174 valence electrons. The smallest absolute Gasteiger partial charge is 0.243 e. The molecule has 0 atom stereocenters. The zero-order valence-electron chi connectivity index (χ0n) is 18.3. The van der Waals surface area contributed by atoms with Gasteiger partial charge in [0.2, 0.25) is 15.9 Å². The van der Waals surface area contributed by atoms with E-state index in [1.807, 2.05) is 18.4 Å². The van der Waals surface area contributed by atoms with E-state index in [4.69, 9.17) is 0 Å². The summed E-state index contributed by atoms with van der Waals surface area (Å²) in [5.74, 6) is -0.914. The molecule has 0 unspecified atom stereocenters. The van der Waals surface area contributed by atoms with Crippen molar-refractivity contribution in [2.45, 2.75) is 18.4 Å². The van der Waals surface area contributed by atoms with Gasteiger partial charge < -0.3 is 5.32 Å². The van der Waals surface area contributed by atoms with Gasteiger partial charge in [0, 0.05) is 23.2 Å². The summed E-state index contributed by atoms with van der Waals surface area (Å²) in [5, 5.41) is 5.65. The first kappa shape index (κ1) is 23.7. The van der Waals surface area contributed by atoms with Crippen molar-refractivity contribution >= 4 is 33.0 Å². The summed E-state index contributed by atoms with van der Waals surface area (Å²) >= 11 is 1.53. The van der Waals surface area contributed by atoms with Crippen LogP contribution in [-0.4, -0.2) is 30.2 Å². The third kappa shape index (κ3) is 5.74. The van der Waals surface area contributed by atoms with Gasteiger partial charge in [0.15, 0.2) is 0 Å². The van der Waals surface area contributed by atoms with Crippen molar-refractivity contribution in [1.29, 1.82) is 0 Å². The Hall–Kier alpha value is -3.40. The lowest BCUT2D eigenvalue weighted by Gasteiger charge is -2.22. The third-order valence-electron chi connectivity index (χ3n) is 5.03. The third-order valence-corrected chi connectivity index (χ3v) is 7.61. The number of rotatable bonds is 8. The standard InChI is InChI=1S/C25H22FN3O3S2/c1-18-27-24(17-33-18)20-6-5-7-22(14-20)28-25(30)16-29(15-19-10-12-21(26)13-11-19)34(31,32)23-8-3-2-4-9-23/h2-14,17H,15-16H2,1H3,(H,28,30). The second-order valence-corrected chi connectivity index (χ2v) is 10.6. The molecule has 0 bridgehead atoms. The molecule has 34 heavy (non-hydrogen) atoms. The minimum absolute atomic E-state index is 0.0748. The highest BCUT2D eigenvalue weighted by Crippen LogP contribution is 2.24. The van der Waals surface area contributed by atoms with Crippen LogP contribution in [0.1, 0.15) is 10.6 Å². The fraction of sp³-hybridized carbons (Fsp3) is 0.120. The molecule has 0 saturated heterocycles. The maximum atomic E-state index is 13.3. The Kier molecular flexibility index (Phi) is 7.16. The minimum atomic E-state index is -3.97. The molecular formula is C25H22FN3O3S2. The maximum Gasteiger partial charge on any atom is 0.243 e. The maximum absolute atomic E-state index is 13.3. The molecule has 0 aliphatic rings. The Morgan fingerprint density at radius 2 is 1.76 bits per heavy atom. The lowest BCUT2D eigenvalue weighted by molar-refractivity contribution is -0.116. The lowest BCUT2D eigenvalue weighted by atomic mass is 10.1. The number of thiazole rings is 1. The highest BCUT2D eigenvalue weighted by molar-refractivity contribution is 7.89. The number of aryl methyl sites for hydroxylation is 1. The number of halogens is 1. The van der Waals surface area contributed by atoms with E-state index in [1.54, 1.807) is 36.4 Å². The number of nitrogens with zero attached hydrogens (tertiary/aromatic N) is 2. The van der Waals surface area contributed by atoms with Crippen molar-refractivity contribution in [2.75, 3.05) is 11.9 Å². The largest absolute Gasteiger partial charge is 0.325 e. The summed E-state index contributed by atoms with van der Waals surface area (Å²) in [6, 6.07) is 20.6. The normalized spacial score (nSPS) is 11.5. The van der Waals surface area contributed by atoms with Crippen LogP contribution in [0.5, 0.6) is 0 Å². The zero-order valence-corrected chi connectivity index (χ0v) is 19.9. The number of hydrogen-bond donors (Lipinski definition) is 1. The van der Waals surface area contributed by atoms with Crippen molar-refractivity contribution < 1.29 is 17.6 Å². The van der Waals surface area contributed by atoms with Crippen molar-refractivity contribution in [3.63, 3.8) is 0 Å². The number of sulfonamides is 1. The average molecular weight is 496 g/mol. The number of aromatic nitrogens is 1. The number of amides is 1. The summed E-state index contributed by atoms with van der Waals surface area (Å²) in [6.45, 7) is 1.43. The van der Waals surface area contributed by atoms with Crippen molar-refractivity contribution in [3.8, 4) is 11.3 Å². The van der Waals surface area contributed by atoms with Gasteiger partial charge in [0.25, 0.3) is 0 Å². The molecule has 4 rings (SSSR count). The summed E-state index contributed by atoms with van der Waals surface area (Å²) in [6.07, 6.45) is 0. The monoisotopic (exact) mass is 495 g/mol. The molecule has 9 heteroatoms. The van der Waals surface area contributed by atoms with E-state index in [2.05, 4.69) is 10.3 Å². The minimum Gasteiger partial charge on any atom is -0.325 e. The first-order valence-corrected chi connectivity index (χ1v) is 12.8. The molecule has 1 heterocycles. The summed E-state index contributed by atoms with van der Waals surface area (Å²) in [4.78, 5) is 17.4. The predicted octanol–water partition coefficient (Wildman–Crippen LogP) is 5.09. The van der Waals surface area contributed by atoms with E-state index in [-0.39, 0.29) is 11.4 Å². The Bertz CT molecular complexity index is 1390. The molecular weight excluding hydrogens is 473 g/mol. The van der Waals surface area contributed by atoms with Crippen LogP contribution < -0.4 is 5.32 Å². The van der Waals surface area contributed by atoms with Gasteiger partial charge in [0.1, 0.15) is 5.82 Å². The first-order chi connectivity index (χ1) is 16.3. The zero-order chi connectivity index (χ0) is 24.1. The van der Waals surface area contributed by atoms with Crippen molar-refractivity contribution in [1.82, 2.24) is 9.29 Å². The van der Waals surface area contributed by atoms with Crippen LogP contribution >= 0.6 is 11.3 Å². The molecule has 0 spiro atoms. The number of nitrogens with one attached hydrogen (secondary N) is 1. The van der Waals surface area contributed by atoms with Crippen LogP contribution in [0, 0.1) is 12.7 Å². The van der Waals surface area contributed by atoms with Gasteiger partial charge in [-0.25, -0.2) is 17.8 Å². The lowest BCUT2D eigenvalue weighted by Crippen LogP contribution is -2.37. The fourth-order valence-corrected chi connectivity index (χ4v) is 5.40. The predicted molar refractivity (Wildman–Crippen MR) is 131 cm³/mol. The molecule has 0 saturated carbocycles. The van der Waals surface area contributed by atoms with E-state index in [9.17, 15) is 17.6 Å². The van der Waals surface area contributed by atoms with Crippen LogP contribution in [-0.2, 0) is 21.4 Å². The summed E-state index contributed by atoms with van der Waals surface area (Å²) < 4.78 is 41.0. The molecule has 1 N–H and O–H groups in total. The first-order valence-electron chi connectivity index (χ1n) is 10.4. The van der Waals surface area contributed by atoms with Crippen molar-refractivity contribution in [2.24, 2.45) is 0 Å². The van der Waals surface area contributed by atoms with Crippen LogP contribution in [0.25, 0.3) is 11.3 Å². The fourth-order valence-electron chi connectivity index (χ4n) is 3.37. The van der Waals surface area contributed by atoms with Gasteiger partial charge in [-0.3, -0.25) is 4.79 Å². The average Bonchev–Trinajstić information content (AvgIpc) is 3.27. The quantitative estimate of drug-likeness (QED) is 0.369. The molecule has 0 fully saturated rings. The number of carbonyl (C=O) groups is 1. The van der Waals surface area contributed by atoms with E-state index < -0.39 is 28.3 Å². The van der Waals surface area contributed by atoms with Gasteiger partial charge in [-0.15, -0.1) is 11.3 Å². The van der Waals surface area contributed by atoms with Gasteiger partial charge in [-0.1, -0.05) is 42.5 Å². The van der Waals surface area contributed by atoms with Gasteiger partial charge in [-0.05, 0) is 48.9 Å². The van der Waals surface area contributed by atoms with Crippen LogP contribution in [0.3, 0.4) is 0 Å². The highest BCUT2D eigenvalue weighted by Gasteiger charge is 2.27. The number of anilines is 1. The second kappa shape index (κ2) is 10.3. The molecule has 4 aromatic rings. The SMILES string of the molecule is Cc1nc(-c2cccc(NC(=O)CN(Cc3ccc(F)cc3)S(=O)(=O)c3ccccc3)c2)cs1. The molecule has 0 radical (unpaired) electrons. The van der Waals surface area contributed by atoms with E-state index >= 15 is 0 Å². The molecule has 6 nitrogen and oxygen atoms in total. The molecule has 0 aliphatic carbocycles. The van der Waals surface area contributed by atoms with E-state index in [1.165, 1.54) is 47.7 Å². The van der Waals surface area contributed by atoms with Crippen LogP contribution in [0.2, 0.25) is 0 Å². The number of hydrogen-bond acceptors (Lipinski definition) is 5.